The molecule has 100 valence electrons. The smallest absolute Gasteiger partial charge is 0.308 e. The average Bonchev–Trinajstić information content (AvgIpc) is 2.64. The first-order valence-corrected chi connectivity index (χ1v) is 7.14. The second kappa shape index (κ2) is 5.46. The Bertz CT molecular complexity index is 563. The van der Waals surface area contributed by atoms with Crippen molar-refractivity contribution in [3.05, 3.63) is 17.0 Å². The molecule has 0 aliphatic heterocycles. The van der Waals surface area contributed by atoms with Gasteiger partial charge in [0.2, 0.25) is 5.91 Å². The van der Waals surface area contributed by atoms with Gasteiger partial charge in [0.25, 0.3) is 10.0 Å². The maximum atomic E-state index is 11.8. The van der Waals surface area contributed by atoms with Gasteiger partial charge in [-0.25, -0.2) is 8.42 Å². The molecule has 0 saturated carbocycles. The quantitative estimate of drug-likeness (QED) is 0.653. The molecule has 1 unspecified atom stereocenters. The van der Waals surface area contributed by atoms with Crippen LogP contribution in [0.1, 0.15) is 11.8 Å². The number of nitrogens with one attached hydrogen (secondary N) is 1. The molecule has 18 heavy (non-hydrogen) atoms. The van der Waals surface area contributed by atoms with Gasteiger partial charge in [-0.15, -0.1) is 11.3 Å². The third kappa shape index (κ3) is 3.79. The van der Waals surface area contributed by atoms with Crippen molar-refractivity contribution in [2.24, 2.45) is 5.73 Å². The van der Waals surface area contributed by atoms with Gasteiger partial charge in [0, 0.05) is 4.88 Å². The van der Waals surface area contributed by atoms with Gasteiger partial charge in [0.15, 0.2) is 0 Å². The first kappa shape index (κ1) is 14.6. The molecular weight excluding hydrogens is 280 g/mol. The van der Waals surface area contributed by atoms with Crippen LogP contribution in [0.4, 0.5) is 0 Å². The Hall–Kier alpha value is -1.45. The molecule has 1 aromatic heterocycles. The van der Waals surface area contributed by atoms with Gasteiger partial charge in [-0.05, 0) is 19.1 Å². The monoisotopic (exact) mass is 292 g/mol. The van der Waals surface area contributed by atoms with Crippen LogP contribution in [0.15, 0.2) is 16.3 Å². The molecule has 1 rings (SSSR count). The second-order valence-electron chi connectivity index (χ2n) is 3.54. The number of hydrogen-bond donors (Lipinski definition) is 3. The number of sulfonamides is 1. The highest BCUT2D eigenvalue weighted by Gasteiger charge is 2.22. The lowest BCUT2D eigenvalue weighted by Gasteiger charge is -2.08. The molecule has 0 aliphatic carbocycles. The molecule has 0 spiro atoms. The number of carboxylic acid groups (broad SMARTS) is 1. The Morgan fingerprint density at radius 3 is 2.61 bits per heavy atom. The first-order valence-electron chi connectivity index (χ1n) is 4.84. The van der Waals surface area contributed by atoms with Crippen molar-refractivity contribution in [3.63, 3.8) is 0 Å². The fourth-order valence-electron chi connectivity index (χ4n) is 1.10. The second-order valence-corrected chi connectivity index (χ2v) is 6.65. The number of aliphatic carboxylic acids is 1. The summed E-state index contributed by atoms with van der Waals surface area (Å²) in [5, 5.41) is 8.58. The molecule has 0 saturated heterocycles. The van der Waals surface area contributed by atoms with E-state index in [0.717, 1.165) is 11.3 Å². The Labute approximate surface area is 108 Å². The number of rotatable bonds is 6. The maximum Gasteiger partial charge on any atom is 0.308 e. The summed E-state index contributed by atoms with van der Waals surface area (Å²) in [7, 11) is -3.84. The third-order valence-corrected chi connectivity index (χ3v) is 5.10. The van der Waals surface area contributed by atoms with Crippen molar-refractivity contribution in [2.75, 3.05) is 0 Å². The van der Waals surface area contributed by atoms with Crippen molar-refractivity contribution in [1.82, 2.24) is 4.72 Å². The molecule has 0 aliphatic rings. The summed E-state index contributed by atoms with van der Waals surface area (Å²) in [5.41, 5.74) is 4.95. The molecular formula is C9H12N2O5S2. The number of amides is 1. The van der Waals surface area contributed by atoms with Gasteiger partial charge in [-0.3, -0.25) is 9.59 Å². The summed E-state index contributed by atoms with van der Waals surface area (Å²) in [6, 6.07) is 1.68. The van der Waals surface area contributed by atoms with Gasteiger partial charge in [0.1, 0.15) is 4.21 Å². The zero-order valence-corrected chi connectivity index (χ0v) is 11.0. The Balaban J connectivity index is 2.89. The van der Waals surface area contributed by atoms with Gasteiger partial charge >= 0.3 is 5.97 Å². The van der Waals surface area contributed by atoms with Crippen LogP contribution in [-0.2, 0) is 26.0 Å². The summed E-state index contributed by atoms with van der Waals surface area (Å²) >= 11 is 0.838. The van der Waals surface area contributed by atoms with E-state index in [4.69, 9.17) is 10.8 Å². The minimum atomic E-state index is -3.84. The van der Waals surface area contributed by atoms with Crippen LogP contribution in [0, 0.1) is 0 Å². The number of carbonyl (C=O) groups excluding carboxylic acids is 1. The highest BCUT2D eigenvalue weighted by Crippen LogP contribution is 2.22. The van der Waals surface area contributed by atoms with E-state index in [-0.39, 0.29) is 10.6 Å². The van der Waals surface area contributed by atoms with Crippen molar-refractivity contribution >= 4 is 33.2 Å². The Morgan fingerprint density at radius 2 is 2.11 bits per heavy atom. The zero-order chi connectivity index (χ0) is 13.9. The molecule has 1 heterocycles. The summed E-state index contributed by atoms with van der Waals surface area (Å²) < 4.78 is 25.6. The molecule has 1 aromatic rings. The number of hydrogen-bond acceptors (Lipinski definition) is 5. The van der Waals surface area contributed by atoms with E-state index in [1.165, 1.54) is 19.1 Å². The molecule has 9 heteroatoms. The van der Waals surface area contributed by atoms with Crippen LogP contribution in [0.25, 0.3) is 0 Å². The lowest BCUT2D eigenvalue weighted by atomic mass is 10.3. The molecule has 0 fully saturated rings. The van der Waals surface area contributed by atoms with Gasteiger partial charge < -0.3 is 10.8 Å². The number of nitrogens with two attached hydrogens (primary N) is 1. The van der Waals surface area contributed by atoms with E-state index in [1.807, 2.05) is 0 Å². The molecule has 0 bridgehead atoms. The minimum absolute atomic E-state index is 0.0492. The molecule has 1 atom stereocenters. The summed E-state index contributed by atoms with van der Waals surface area (Å²) in [5.74, 6) is -1.83. The van der Waals surface area contributed by atoms with Crippen LogP contribution in [0.3, 0.4) is 0 Å². The largest absolute Gasteiger partial charge is 0.481 e. The van der Waals surface area contributed by atoms with Crippen molar-refractivity contribution in [3.8, 4) is 0 Å². The van der Waals surface area contributed by atoms with Crippen LogP contribution in [0.5, 0.6) is 0 Å². The lowest BCUT2D eigenvalue weighted by molar-refractivity contribution is -0.136. The van der Waals surface area contributed by atoms with E-state index in [9.17, 15) is 18.0 Å². The maximum absolute atomic E-state index is 11.8. The molecule has 4 N–H and O–H groups in total. The van der Waals surface area contributed by atoms with Gasteiger partial charge in [-0.1, -0.05) is 0 Å². The van der Waals surface area contributed by atoms with E-state index >= 15 is 0 Å². The standard InChI is InChI=1S/C9H12N2O5S2/c1-5(9(10)14)11-18(15,16)8-3-2-6(17-8)4-7(12)13/h2-3,5,11H,4H2,1H3,(H2,10,14)(H,12,13). The minimum Gasteiger partial charge on any atom is -0.481 e. The molecule has 1 amide bonds. The summed E-state index contributed by atoms with van der Waals surface area (Å²) in [6.45, 7) is 1.33. The van der Waals surface area contributed by atoms with E-state index in [1.54, 1.807) is 0 Å². The van der Waals surface area contributed by atoms with Crippen molar-refractivity contribution < 1.29 is 23.1 Å². The zero-order valence-electron chi connectivity index (χ0n) is 9.41. The number of thiophene rings is 1. The van der Waals surface area contributed by atoms with Crippen molar-refractivity contribution in [1.29, 1.82) is 0 Å². The molecule has 0 aromatic carbocycles. The number of carboxylic acids is 1. The van der Waals surface area contributed by atoms with Gasteiger partial charge in [-0.2, -0.15) is 4.72 Å². The molecule has 7 nitrogen and oxygen atoms in total. The van der Waals surface area contributed by atoms with Crippen molar-refractivity contribution in [2.45, 2.75) is 23.6 Å². The van der Waals surface area contributed by atoms with Crippen LogP contribution in [-0.4, -0.2) is 31.4 Å². The fourth-order valence-corrected chi connectivity index (χ4v) is 3.67. The molecule has 0 radical (unpaired) electrons. The summed E-state index contributed by atoms with van der Waals surface area (Å²) in [4.78, 5) is 21.7. The predicted molar refractivity (Wildman–Crippen MR) is 64.6 cm³/mol. The number of carbonyl (C=O) groups is 2. The highest BCUT2D eigenvalue weighted by molar-refractivity contribution is 7.91. The van der Waals surface area contributed by atoms with E-state index < -0.39 is 27.9 Å². The third-order valence-electron chi connectivity index (χ3n) is 1.99. The topological polar surface area (TPSA) is 127 Å². The number of primary amides is 1. The Kier molecular flexibility index (Phi) is 4.43. The SMILES string of the molecule is CC(NS(=O)(=O)c1ccc(CC(=O)O)s1)C(N)=O. The summed E-state index contributed by atoms with van der Waals surface area (Å²) in [6.07, 6.45) is -0.244. The normalized spacial score (nSPS) is 13.2. The van der Waals surface area contributed by atoms with Crippen LogP contribution in [0.2, 0.25) is 0 Å². The van der Waals surface area contributed by atoms with Crippen LogP contribution >= 0.6 is 11.3 Å². The lowest BCUT2D eigenvalue weighted by Crippen LogP contribution is -2.41. The van der Waals surface area contributed by atoms with Gasteiger partial charge in [0.05, 0.1) is 12.5 Å². The van der Waals surface area contributed by atoms with E-state index in [0.29, 0.717) is 4.88 Å². The highest BCUT2D eigenvalue weighted by atomic mass is 32.2. The Morgan fingerprint density at radius 1 is 1.50 bits per heavy atom. The fraction of sp³-hybridized carbons (Fsp3) is 0.333. The van der Waals surface area contributed by atoms with Crippen LogP contribution < -0.4 is 10.5 Å². The first-order chi connectivity index (χ1) is 8.22. The average molecular weight is 292 g/mol. The van der Waals surface area contributed by atoms with E-state index in [2.05, 4.69) is 4.72 Å². The predicted octanol–water partition coefficient (Wildman–Crippen LogP) is -0.473.